The Bertz CT molecular complexity index is 765. The van der Waals surface area contributed by atoms with Crippen molar-refractivity contribution < 1.29 is 9.53 Å². The van der Waals surface area contributed by atoms with Crippen molar-refractivity contribution in [2.45, 2.75) is 39.3 Å². The standard InChI is InChI=1S/C15H17N5O2S/c1-2-9-20-13(17-18-19-20)10-22-15(21)8-7-14-16-11-5-3-4-6-12(11)23-14/h3-6H,2,7-10H2,1H3. The fraction of sp³-hybridized carbons (Fsp3) is 0.400. The summed E-state index contributed by atoms with van der Waals surface area (Å²) in [6.45, 7) is 2.85. The Balaban J connectivity index is 1.50. The third-order valence-electron chi connectivity index (χ3n) is 3.28. The van der Waals surface area contributed by atoms with Gasteiger partial charge in [-0.1, -0.05) is 19.1 Å². The largest absolute Gasteiger partial charge is 0.457 e. The Morgan fingerprint density at radius 1 is 1.35 bits per heavy atom. The molecule has 2 heterocycles. The molecule has 0 bridgehead atoms. The molecule has 0 fully saturated rings. The van der Waals surface area contributed by atoms with E-state index in [0.29, 0.717) is 25.2 Å². The first-order valence-corrected chi connectivity index (χ1v) is 8.33. The van der Waals surface area contributed by atoms with E-state index in [-0.39, 0.29) is 12.6 Å². The van der Waals surface area contributed by atoms with Gasteiger partial charge in [0.05, 0.1) is 21.6 Å². The van der Waals surface area contributed by atoms with Crippen LogP contribution >= 0.6 is 11.3 Å². The number of ether oxygens (including phenoxy) is 1. The average Bonchev–Trinajstić information content (AvgIpc) is 3.17. The maximum Gasteiger partial charge on any atom is 0.306 e. The van der Waals surface area contributed by atoms with Crippen molar-refractivity contribution in [1.82, 2.24) is 25.2 Å². The number of esters is 1. The van der Waals surface area contributed by atoms with Gasteiger partial charge in [0.2, 0.25) is 0 Å². The third kappa shape index (κ3) is 3.89. The van der Waals surface area contributed by atoms with Crippen molar-refractivity contribution in [2.24, 2.45) is 0 Å². The fourth-order valence-electron chi connectivity index (χ4n) is 2.17. The Labute approximate surface area is 137 Å². The normalized spacial score (nSPS) is 11.0. The lowest BCUT2D eigenvalue weighted by molar-refractivity contribution is -0.145. The van der Waals surface area contributed by atoms with Crippen LogP contribution in [0.4, 0.5) is 0 Å². The van der Waals surface area contributed by atoms with Crippen LogP contribution in [0.5, 0.6) is 0 Å². The predicted octanol–water partition coefficient (Wildman–Crippen LogP) is 2.37. The molecule has 0 aliphatic carbocycles. The molecule has 7 nitrogen and oxygen atoms in total. The van der Waals surface area contributed by atoms with Crippen molar-refractivity contribution in [3.8, 4) is 0 Å². The van der Waals surface area contributed by atoms with E-state index in [1.165, 1.54) is 0 Å². The maximum atomic E-state index is 11.9. The van der Waals surface area contributed by atoms with Gasteiger partial charge in [-0.3, -0.25) is 4.79 Å². The summed E-state index contributed by atoms with van der Waals surface area (Å²) in [6, 6.07) is 7.95. The first-order chi connectivity index (χ1) is 11.3. The quantitative estimate of drug-likeness (QED) is 0.618. The molecular formula is C15H17N5O2S. The van der Waals surface area contributed by atoms with Crippen LogP contribution in [0.3, 0.4) is 0 Å². The van der Waals surface area contributed by atoms with Crippen LogP contribution < -0.4 is 0 Å². The summed E-state index contributed by atoms with van der Waals surface area (Å²) in [6.07, 6.45) is 1.80. The number of fused-ring (bicyclic) bond motifs is 1. The van der Waals surface area contributed by atoms with E-state index in [2.05, 4.69) is 20.5 Å². The Morgan fingerprint density at radius 3 is 3.04 bits per heavy atom. The predicted molar refractivity (Wildman–Crippen MR) is 85.8 cm³/mol. The van der Waals surface area contributed by atoms with Gasteiger partial charge in [-0.2, -0.15) is 0 Å². The van der Waals surface area contributed by atoms with E-state index < -0.39 is 0 Å². The number of aromatic nitrogens is 5. The van der Waals surface area contributed by atoms with E-state index in [9.17, 15) is 4.79 Å². The monoisotopic (exact) mass is 331 g/mol. The highest BCUT2D eigenvalue weighted by atomic mass is 32.1. The smallest absolute Gasteiger partial charge is 0.306 e. The molecule has 8 heteroatoms. The number of carbonyl (C=O) groups is 1. The minimum absolute atomic E-state index is 0.103. The van der Waals surface area contributed by atoms with Crippen molar-refractivity contribution in [3.05, 3.63) is 35.1 Å². The molecule has 120 valence electrons. The molecule has 0 aliphatic heterocycles. The first kappa shape index (κ1) is 15.5. The highest BCUT2D eigenvalue weighted by Crippen LogP contribution is 2.22. The molecule has 23 heavy (non-hydrogen) atoms. The summed E-state index contributed by atoms with van der Waals surface area (Å²) >= 11 is 1.61. The molecule has 0 radical (unpaired) electrons. The molecule has 0 amide bonds. The second-order valence-corrected chi connectivity index (χ2v) is 6.17. The molecule has 3 rings (SSSR count). The summed E-state index contributed by atoms with van der Waals surface area (Å²) in [7, 11) is 0. The number of hydrogen-bond donors (Lipinski definition) is 0. The number of thiazole rings is 1. The molecule has 0 atom stereocenters. The number of nitrogens with zero attached hydrogens (tertiary/aromatic N) is 5. The van der Waals surface area contributed by atoms with Crippen molar-refractivity contribution >= 4 is 27.5 Å². The van der Waals surface area contributed by atoms with Gasteiger partial charge in [-0.15, -0.1) is 16.4 Å². The third-order valence-corrected chi connectivity index (χ3v) is 4.38. The number of tetrazole rings is 1. The summed E-state index contributed by atoms with van der Waals surface area (Å²) in [5.41, 5.74) is 0.972. The van der Waals surface area contributed by atoms with Gasteiger partial charge in [-0.25, -0.2) is 9.67 Å². The van der Waals surface area contributed by atoms with Crippen LogP contribution in [0.2, 0.25) is 0 Å². The highest BCUT2D eigenvalue weighted by molar-refractivity contribution is 7.18. The van der Waals surface area contributed by atoms with Gasteiger partial charge in [-0.05, 0) is 29.0 Å². The van der Waals surface area contributed by atoms with Crippen molar-refractivity contribution in [3.63, 3.8) is 0 Å². The lowest BCUT2D eigenvalue weighted by Crippen LogP contribution is -2.11. The van der Waals surface area contributed by atoms with Crippen LogP contribution in [-0.4, -0.2) is 31.2 Å². The van der Waals surface area contributed by atoms with E-state index in [1.807, 2.05) is 31.2 Å². The molecule has 2 aromatic heterocycles. The Morgan fingerprint density at radius 2 is 2.22 bits per heavy atom. The van der Waals surface area contributed by atoms with E-state index in [1.54, 1.807) is 16.0 Å². The molecular weight excluding hydrogens is 314 g/mol. The van der Waals surface area contributed by atoms with Gasteiger partial charge in [0.25, 0.3) is 0 Å². The summed E-state index contributed by atoms with van der Waals surface area (Å²) in [5.74, 6) is 0.301. The molecule has 0 saturated carbocycles. The lowest BCUT2D eigenvalue weighted by Gasteiger charge is -2.04. The topological polar surface area (TPSA) is 82.8 Å². The highest BCUT2D eigenvalue weighted by Gasteiger charge is 2.11. The lowest BCUT2D eigenvalue weighted by atomic mass is 10.3. The number of rotatable bonds is 7. The Hall–Kier alpha value is -2.35. The van der Waals surface area contributed by atoms with Crippen molar-refractivity contribution in [2.75, 3.05) is 0 Å². The summed E-state index contributed by atoms with van der Waals surface area (Å²) < 4.78 is 8.03. The van der Waals surface area contributed by atoms with E-state index in [0.717, 1.165) is 21.6 Å². The fourth-order valence-corrected chi connectivity index (χ4v) is 3.13. The van der Waals surface area contributed by atoms with Crippen LogP contribution in [0, 0.1) is 0 Å². The minimum Gasteiger partial charge on any atom is -0.457 e. The van der Waals surface area contributed by atoms with Gasteiger partial charge in [0.15, 0.2) is 12.4 Å². The van der Waals surface area contributed by atoms with E-state index >= 15 is 0 Å². The van der Waals surface area contributed by atoms with Crippen molar-refractivity contribution in [1.29, 1.82) is 0 Å². The molecule has 0 N–H and O–H groups in total. The van der Waals surface area contributed by atoms with Crippen LogP contribution in [0.1, 0.15) is 30.6 Å². The molecule has 3 aromatic rings. The molecule has 0 spiro atoms. The number of carbonyl (C=O) groups excluding carboxylic acids is 1. The number of para-hydroxylation sites is 1. The maximum absolute atomic E-state index is 11.9. The second kappa shape index (κ2) is 7.28. The number of benzene rings is 1. The molecule has 1 aromatic carbocycles. The number of hydrogen-bond acceptors (Lipinski definition) is 7. The zero-order valence-electron chi connectivity index (χ0n) is 12.8. The zero-order chi connectivity index (χ0) is 16.1. The summed E-state index contributed by atoms with van der Waals surface area (Å²) in [4.78, 5) is 16.4. The number of aryl methyl sites for hydroxylation is 2. The molecule has 0 saturated heterocycles. The van der Waals surface area contributed by atoms with E-state index in [4.69, 9.17) is 4.74 Å². The van der Waals surface area contributed by atoms with Crippen LogP contribution in [0.25, 0.3) is 10.2 Å². The van der Waals surface area contributed by atoms with Gasteiger partial charge in [0, 0.05) is 13.0 Å². The SMILES string of the molecule is CCCn1nnnc1COC(=O)CCc1nc2ccccc2s1. The van der Waals surface area contributed by atoms with Gasteiger partial charge < -0.3 is 4.74 Å². The van der Waals surface area contributed by atoms with Crippen LogP contribution in [-0.2, 0) is 29.1 Å². The zero-order valence-corrected chi connectivity index (χ0v) is 13.6. The van der Waals surface area contributed by atoms with Gasteiger partial charge >= 0.3 is 5.97 Å². The van der Waals surface area contributed by atoms with Crippen LogP contribution in [0.15, 0.2) is 24.3 Å². The summed E-state index contributed by atoms with van der Waals surface area (Å²) in [5, 5.41) is 12.3. The van der Waals surface area contributed by atoms with Gasteiger partial charge in [0.1, 0.15) is 0 Å². The molecule has 0 unspecified atom stereocenters. The average molecular weight is 331 g/mol. The Kier molecular flexibility index (Phi) is 4.92. The first-order valence-electron chi connectivity index (χ1n) is 7.51. The second-order valence-electron chi connectivity index (χ2n) is 5.05. The minimum atomic E-state index is -0.268. The molecule has 0 aliphatic rings.